The minimum Gasteiger partial charge on any atom is -0.481 e. The number of hydrogen-bond donors (Lipinski definition) is 2. The molecule has 5 rings (SSSR count). The average molecular weight is 466 g/mol. The molecule has 0 amide bonds. The number of rotatable bonds is 8. The Labute approximate surface area is 192 Å². The highest BCUT2D eigenvalue weighted by atomic mass is 16.7. The highest BCUT2D eigenvalue weighted by Gasteiger charge is 2.24. The normalized spacial score (nSPS) is 12.9. The van der Waals surface area contributed by atoms with E-state index in [1.54, 1.807) is 36.4 Å². The first kappa shape index (κ1) is 21.3. The molecule has 0 spiro atoms. The monoisotopic (exact) mass is 466 g/mol. The van der Waals surface area contributed by atoms with Crippen molar-refractivity contribution >= 4 is 11.9 Å². The Morgan fingerprint density at radius 2 is 1.41 bits per heavy atom. The zero-order chi connectivity index (χ0) is 23.7. The number of aryl methyl sites for hydroxylation is 1. The van der Waals surface area contributed by atoms with Crippen LogP contribution in [0.25, 0.3) is 0 Å². The van der Waals surface area contributed by atoms with Crippen LogP contribution in [0, 0.1) is 0 Å². The van der Waals surface area contributed by atoms with Crippen LogP contribution in [0.15, 0.2) is 48.5 Å². The van der Waals surface area contributed by atoms with Gasteiger partial charge in [0.2, 0.25) is 13.6 Å². The summed E-state index contributed by atoms with van der Waals surface area (Å²) >= 11 is 0. The summed E-state index contributed by atoms with van der Waals surface area (Å²) in [6.07, 6.45) is 0.00611. The molecule has 2 aliphatic heterocycles. The molecule has 0 unspecified atom stereocenters. The number of aliphatic carboxylic acids is 1. The minimum atomic E-state index is -1.26. The Morgan fingerprint density at radius 3 is 2.12 bits per heavy atom. The first-order valence-corrected chi connectivity index (χ1v) is 10.2. The Kier molecular flexibility index (Phi) is 5.46. The van der Waals surface area contributed by atoms with Crippen LogP contribution >= 0.6 is 0 Å². The van der Waals surface area contributed by atoms with E-state index in [1.165, 1.54) is 12.1 Å². The SMILES string of the molecule is O=C(O)CCc1cc2c(cc1Oc1cccc(Oc3ccc4c(c3)OCO4)c1C(=O)O)OCO2. The van der Waals surface area contributed by atoms with Crippen LogP contribution in [0.5, 0.6) is 46.0 Å². The lowest BCUT2D eigenvalue weighted by atomic mass is 10.1. The average Bonchev–Trinajstić information content (AvgIpc) is 3.46. The molecule has 0 aromatic heterocycles. The maximum Gasteiger partial charge on any atom is 0.343 e. The Bertz CT molecular complexity index is 1280. The van der Waals surface area contributed by atoms with Crippen molar-refractivity contribution in [3.05, 3.63) is 59.7 Å². The van der Waals surface area contributed by atoms with Crippen LogP contribution in [0.3, 0.4) is 0 Å². The summed E-state index contributed by atoms with van der Waals surface area (Å²) in [5.74, 6) is 0.378. The number of benzene rings is 3. The fourth-order valence-corrected chi connectivity index (χ4v) is 3.58. The molecule has 34 heavy (non-hydrogen) atoms. The van der Waals surface area contributed by atoms with Crippen LogP contribution in [0.4, 0.5) is 0 Å². The van der Waals surface area contributed by atoms with Gasteiger partial charge in [0.15, 0.2) is 23.0 Å². The van der Waals surface area contributed by atoms with Crippen molar-refractivity contribution in [2.45, 2.75) is 12.8 Å². The second kappa shape index (κ2) is 8.74. The van der Waals surface area contributed by atoms with Gasteiger partial charge in [-0.25, -0.2) is 4.79 Å². The van der Waals surface area contributed by atoms with E-state index in [1.807, 2.05) is 0 Å². The summed E-state index contributed by atoms with van der Waals surface area (Å²) in [7, 11) is 0. The second-order valence-corrected chi connectivity index (χ2v) is 7.36. The number of hydrogen-bond acceptors (Lipinski definition) is 8. The Balaban J connectivity index is 1.49. The third-order valence-corrected chi connectivity index (χ3v) is 5.16. The molecule has 2 aliphatic rings. The molecule has 3 aromatic carbocycles. The summed E-state index contributed by atoms with van der Waals surface area (Å²) in [4.78, 5) is 23.3. The van der Waals surface area contributed by atoms with E-state index in [-0.39, 0.29) is 49.2 Å². The lowest BCUT2D eigenvalue weighted by molar-refractivity contribution is -0.136. The van der Waals surface area contributed by atoms with Gasteiger partial charge in [-0.05, 0) is 42.3 Å². The number of aromatic carboxylic acids is 1. The van der Waals surface area contributed by atoms with Gasteiger partial charge >= 0.3 is 11.9 Å². The fraction of sp³-hybridized carbons (Fsp3) is 0.167. The lowest BCUT2D eigenvalue weighted by Gasteiger charge is -2.16. The third-order valence-electron chi connectivity index (χ3n) is 5.16. The molecular weight excluding hydrogens is 448 g/mol. The fourth-order valence-electron chi connectivity index (χ4n) is 3.58. The van der Waals surface area contributed by atoms with Crippen LogP contribution in [-0.4, -0.2) is 35.7 Å². The molecule has 0 saturated carbocycles. The largest absolute Gasteiger partial charge is 0.481 e. The molecule has 0 aliphatic carbocycles. The molecule has 2 heterocycles. The van der Waals surface area contributed by atoms with Crippen molar-refractivity contribution in [2.24, 2.45) is 0 Å². The molecule has 0 bridgehead atoms. The van der Waals surface area contributed by atoms with Gasteiger partial charge in [-0.2, -0.15) is 0 Å². The lowest BCUT2D eigenvalue weighted by Crippen LogP contribution is -2.05. The van der Waals surface area contributed by atoms with Crippen molar-refractivity contribution in [3.63, 3.8) is 0 Å². The summed E-state index contributed by atoms with van der Waals surface area (Å²) < 4.78 is 33.2. The number of fused-ring (bicyclic) bond motifs is 2. The standard InChI is InChI=1S/C24H18O10/c25-22(26)7-4-13-8-19-21(32-12-30-19)10-18(13)34-17-3-1-2-16(23(17)24(27)28)33-14-5-6-15-20(9-14)31-11-29-15/h1-3,5-6,8-10H,4,7,11-12H2,(H,25,26)(H,27,28). The number of carbonyl (C=O) groups is 2. The molecule has 0 atom stereocenters. The van der Waals surface area contributed by atoms with Crippen LogP contribution < -0.4 is 28.4 Å². The van der Waals surface area contributed by atoms with E-state index < -0.39 is 11.9 Å². The van der Waals surface area contributed by atoms with Crippen molar-refractivity contribution in [3.8, 4) is 46.0 Å². The molecule has 0 fully saturated rings. The highest BCUT2D eigenvalue weighted by Crippen LogP contribution is 2.43. The maximum absolute atomic E-state index is 12.2. The van der Waals surface area contributed by atoms with Crippen molar-refractivity contribution in [1.82, 2.24) is 0 Å². The second-order valence-electron chi connectivity index (χ2n) is 7.36. The van der Waals surface area contributed by atoms with Gasteiger partial charge < -0.3 is 38.6 Å². The number of ether oxygens (including phenoxy) is 6. The van der Waals surface area contributed by atoms with E-state index >= 15 is 0 Å². The molecule has 0 radical (unpaired) electrons. The Morgan fingerprint density at radius 1 is 0.765 bits per heavy atom. The van der Waals surface area contributed by atoms with Gasteiger partial charge in [-0.1, -0.05) is 6.07 Å². The molecule has 174 valence electrons. The summed E-state index contributed by atoms with van der Waals surface area (Å²) in [5, 5.41) is 19.0. The minimum absolute atomic E-state index is 0.0150. The van der Waals surface area contributed by atoms with Crippen LogP contribution in [0.2, 0.25) is 0 Å². The van der Waals surface area contributed by atoms with E-state index in [2.05, 4.69) is 0 Å². The first-order chi connectivity index (χ1) is 16.5. The predicted molar refractivity (Wildman–Crippen MR) is 115 cm³/mol. The molecule has 3 aromatic rings. The van der Waals surface area contributed by atoms with E-state index in [0.29, 0.717) is 34.3 Å². The number of carboxylic acids is 2. The van der Waals surface area contributed by atoms with Crippen molar-refractivity contribution in [2.75, 3.05) is 13.6 Å². The summed E-state index contributed by atoms with van der Waals surface area (Å²) in [6, 6.07) is 12.7. The molecule has 0 saturated heterocycles. The van der Waals surface area contributed by atoms with Gasteiger partial charge in [0, 0.05) is 18.6 Å². The maximum atomic E-state index is 12.2. The molecule has 2 N–H and O–H groups in total. The van der Waals surface area contributed by atoms with Crippen molar-refractivity contribution < 1.29 is 48.2 Å². The van der Waals surface area contributed by atoms with Gasteiger partial charge in [0.1, 0.15) is 28.6 Å². The predicted octanol–water partition coefficient (Wildman–Crippen LogP) is 4.44. The Hall–Kier alpha value is -4.60. The molecular formula is C24H18O10. The zero-order valence-corrected chi connectivity index (χ0v) is 17.6. The molecule has 10 nitrogen and oxygen atoms in total. The topological polar surface area (TPSA) is 130 Å². The quantitative estimate of drug-likeness (QED) is 0.491. The summed E-state index contributed by atoms with van der Waals surface area (Å²) in [5.41, 5.74) is 0.326. The van der Waals surface area contributed by atoms with Crippen LogP contribution in [-0.2, 0) is 11.2 Å². The van der Waals surface area contributed by atoms with Gasteiger partial charge in [-0.15, -0.1) is 0 Å². The van der Waals surface area contributed by atoms with Gasteiger partial charge in [0.25, 0.3) is 0 Å². The van der Waals surface area contributed by atoms with E-state index in [9.17, 15) is 14.7 Å². The molecule has 10 heteroatoms. The van der Waals surface area contributed by atoms with Crippen LogP contribution in [0.1, 0.15) is 22.3 Å². The van der Waals surface area contributed by atoms with Crippen molar-refractivity contribution in [1.29, 1.82) is 0 Å². The van der Waals surface area contributed by atoms with Gasteiger partial charge in [0.05, 0.1) is 0 Å². The first-order valence-electron chi connectivity index (χ1n) is 10.2. The number of carboxylic acid groups (broad SMARTS) is 2. The smallest absolute Gasteiger partial charge is 0.343 e. The highest BCUT2D eigenvalue weighted by molar-refractivity contribution is 5.94. The summed E-state index contributed by atoms with van der Waals surface area (Å²) in [6.45, 7) is 0.124. The van der Waals surface area contributed by atoms with E-state index in [4.69, 9.17) is 33.5 Å². The zero-order valence-electron chi connectivity index (χ0n) is 17.6. The van der Waals surface area contributed by atoms with E-state index in [0.717, 1.165) is 0 Å². The van der Waals surface area contributed by atoms with Gasteiger partial charge in [-0.3, -0.25) is 4.79 Å². The third kappa shape index (κ3) is 4.20.